The fraction of sp³-hybridized carbons (Fsp3) is 0.100. The molecule has 0 unspecified atom stereocenters. The Bertz CT molecular complexity index is 553. The van der Waals surface area contributed by atoms with Crippen molar-refractivity contribution in [2.45, 2.75) is 6.92 Å². The van der Waals surface area contributed by atoms with E-state index in [1.165, 1.54) is 12.3 Å². The van der Waals surface area contributed by atoms with E-state index >= 15 is 0 Å². The van der Waals surface area contributed by atoms with Gasteiger partial charge in [-0.2, -0.15) is 0 Å². The summed E-state index contributed by atoms with van der Waals surface area (Å²) in [5, 5.41) is 0.540. The van der Waals surface area contributed by atoms with Crippen molar-refractivity contribution < 1.29 is 9.18 Å². The molecule has 0 aromatic carbocycles. The predicted octanol–water partition coefficient (Wildman–Crippen LogP) is 1.75. The van der Waals surface area contributed by atoms with Crippen LogP contribution in [0.25, 0.3) is 10.6 Å². The zero-order valence-corrected chi connectivity index (χ0v) is 9.21. The van der Waals surface area contributed by atoms with Gasteiger partial charge in [0.1, 0.15) is 15.7 Å². The Morgan fingerprint density at radius 3 is 2.81 bits per heavy atom. The number of nitrogens with two attached hydrogens (primary N) is 1. The minimum Gasteiger partial charge on any atom is -0.365 e. The molecular weight excluding hydrogens is 229 g/mol. The van der Waals surface area contributed by atoms with Crippen LogP contribution < -0.4 is 5.73 Å². The first-order valence-corrected chi connectivity index (χ1v) is 5.27. The van der Waals surface area contributed by atoms with Gasteiger partial charge in [0.25, 0.3) is 5.91 Å². The summed E-state index contributed by atoms with van der Waals surface area (Å²) in [6.07, 6.45) is 2.60. The van der Waals surface area contributed by atoms with E-state index in [1.54, 1.807) is 6.92 Å². The zero-order chi connectivity index (χ0) is 11.7. The largest absolute Gasteiger partial charge is 0.365 e. The maximum Gasteiger partial charge on any atom is 0.260 e. The molecule has 2 aromatic heterocycles. The molecule has 0 radical (unpaired) electrons. The Hall–Kier alpha value is -1.82. The summed E-state index contributed by atoms with van der Waals surface area (Å²) >= 11 is 1.14. The highest BCUT2D eigenvalue weighted by Gasteiger charge is 2.13. The van der Waals surface area contributed by atoms with Crippen molar-refractivity contribution in [3.05, 3.63) is 34.8 Å². The van der Waals surface area contributed by atoms with Gasteiger partial charge >= 0.3 is 0 Å². The van der Waals surface area contributed by atoms with Crippen molar-refractivity contribution in [1.82, 2.24) is 9.97 Å². The van der Waals surface area contributed by atoms with Crippen LogP contribution in [0.5, 0.6) is 0 Å². The Balaban J connectivity index is 2.49. The second-order valence-corrected chi connectivity index (χ2v) is 4.19. The third kappa shape index (κ3) is 1.92. The Labute approximate surface area is 95.0 Å². The van der Waals surface area contributed by atoms with Crippen LogP contribution in [0.1, 0.15) is 15.4 Å². The van der Waals surface area contributed by atoms with Crippen molar-refractivity contribution in [3.8, 4) is 10.6 Å². The molecule has 0 bridgehead atoms. The van der Waals surface area contributed by atoms with Crippen LogP contribution >= 0.6 is 11.3 Å². The molecule has 82 valence electrons. The molecular formula is C10H8FN3OS. The molecule has 2 N–H and O–H groups in total. The van der Waals surface area contributed by atoms with Gasteiger partial charge in [0.15, 0.2) is 0 Å². The number of thiazole rings is 1. The summed E-state index contributed by atoms with van der Waals surface area (Å²) in [5.74, 6) is -0.961. The zero-order valence-electron chi connectivity index (χ0n) is 8.40. The molecule has 2 rings (SSSR count). The van der Waals surface area contributed by atoms with Crippen LogP contribution in [0.3, 0.4) is 0 Å². The summed E-state index contributed by atoms with van der Waals surface area (Å²) in [6, 6.07) is 1.32. The molecule has 0 saturated heterocycles. The van der Waals surface area contributed by atoms with Gasteiger partial charge in [-0.1, -0.05) is 0 Å². The van der Waals surface area contributed by atoms with Gasteiger partial charge in [-0.05, 0) is 13.0 Å². The normalized spacial score (nSPS) is 10.4. The van der Waals surface area contributed by atoms with E-state index in [0.717, 1.165) is 17.5 Å². The van der Waals surface area contributed by atoms with E-state index in [1.807, 2.05) is 0 Å². The molecule has 0 saturated carbocycles. The monoisotopic (exact) mass is 237 g/mol. The number of halogens is 1. The molecule has 0 aliphatic carbocycles. The number of carbonyl (C=O) groups is 1. The number of carbonyl (C=O) groups excluding carboxylic acids is 1. The van der Waals surface area contributed by atoms with Crippen LogP contribution in [0.15, 0.2) is 18.5 Å². The first kappa shape index (κ1) is 10.7. The van der Waals surface area contributed by atoms with E-state index in [0.29, 0.717) is 21.1 Å². The van der Waals surface area contributed by atoms with Crippen molar-refractivity contribution in [3.63, 3.8) is 0 Å². The number of hydrogen-bond acceptors (Lipinski definition) is 4. The number of hydrogen-bond donors (Lipinski definition) is 1. The maximum atomic E-state index is 12.9. The van der Waals surface area contributed by atoms with Crippen molar-refractivity contribution >= 4 is 17.2 Å². The Morgan fingerprint density at radius 1 is 1.50 bits per heavy atom. The average Bonchev–Trinajstić information content (AvgIpc) is 2.60. The minimum absolute atomic E-state index is 0.388. The highest BCUT2D eigenvalue weighted by atomic mass is 32.1. The molecule has 1 amide bonds. The number of nitrogens with zero attached hydrogens (tertiary/aromatic N) is 2. The average molecular weight is 237 g/mol. The Kier molecular flexibility index (Phi) is 2.66. The second kappa shape index (κ2) is 3.97. The van der Waals surface area contributed by atoms with Gasteiger partial charge in [0.05, 0.1) is 11.9 Å². The summed E-state index contributed by atoms with van der Waals surface area (Å²) in [5.41, 5.74) is 6.27. The molecule has 0 aliphatic rings. The fourth-order valence-electron chi connectivity index (χ4n) is 1.28. The number of primary amides is 1. The van der Waals surface area contributed by atoms with Gasteiger partial charge in [-0.25, -0.2) is 9.37 Å². The lowest BCUT2D eigenvalue weighted by Crippen LogP contribution is -2.09. The predicted molar refractivity (Wildman–Crippen MR) is 58.6 cm³/mol. The maximum absolute atomic E-state index is 12.9. The van der Waals surface area contributed by atoms with Crippen molar-refractivity contribution in [1.29, 1.82) is 0 Å². The van der Waals surface area contributed by atoms with E-state index in [4.69, 9.17) is 5.73 Å². The first-order valence-electron chi connectivity index (χ1n) is 4.46. The van der Waals surface area contributed by atoms with E-state index in [9.17, 15) is 9.18 Å². The molecule has 16 heavy (non-hydrogen) atoms. The Morgan fingerprint density at radius 2 is 2.25 bits per heavy atom. The second-order valence-electron chi connectivity index (χ2n) is 3.19. The van der Waals surface area contributed by atoms with Gasteiger partial charge in [0.2, 0.25) is 0 Å². The van der Waals surface area contributed by atoms with E-state index < -0.39 is 11.7 Å². The highest BCUT2D eigenvalue weighted by Crippen LogP contribution is 2.27. The SMILES string of the molecule is Cc1nc(-c2cncc(F)c2)sc1C(N)=O. The van der Waals surface area contributed by atoms with Crippen LogP contribution in [-0.2, 0) is 0 Å². The lowest BCUT2D eigenvalue weighted by atomic mass is 10.3. The van der Waals surface area contributed by atoms with Crippen LogP contribution in [0.4, 0.5) is 4.39 Å². The first-order chi connectivity index (χ1) is 7.58. The van der Waals surface area contributed by atoms with Crippen LogP contribution in [0.2, 0.25) is 0 Å². The van der Waals surface area contributed by atoms with E-state index in [-0.39, 0.29) is 0 Å². The molecule has 0 aliphatic heterocycles. The van der Waals surface area contributed by atoms with E-state index in [2.05, 4.69) is 9.97 Å². The smallest absolute Gasteiger partial charge is 0.260 e. The third-order valence-electron chi connectivity index (χ3n) is 1.97. The van der Waals surface area contributed by atoms with Crippen LogP contribution in [0, 0.1) is 12.7 Å². The molecule has 0 atom stereocenters. The van der Waals surface area contributed by atoms with Gasteiger partial charge in [-0.3, -0.25) is 9.78 Å². The topological polar surface area (TPSA) is 68.9 Å². The van der Waals surface area contributed by atoms with Crippen molar-refractivity contribution in [2.24, 2.45) is 5.73 Å². The number of rotatable bonds is 2. The molecule has 0 fully saturated rings. The summed E-state index contributed by atoms with van der Waals surface area (Å²) < 4.78 is 12.9. The highest BCUT2D eigenvalue weighted by molar-refractivity contribution is 7.17. The number of aromatic nitrogens is 2. The fourth-order valence-corrected chi connectivity index (χ4v) is 2.18. The van der Waals surface area contributed by atoms with Gasteiger partial charge in [0, 0.05) is 11.8 Å². The molecule has 2 heterocycles. The van der Waals surface area contributed by atoms with Crippen molar-refractivity contribution in [2.75, 3.05) is 0 Å². The standard InChI is InChI=1S/C10H8FN3OS/c1-5-8(9(12)15)16-10(14-5)6-2-7(11)4-13-3-6/h2-4H,1H3,(H2,12,15). The summed E-state index contributed by atoms with van der Waals surface area (Å²) in [7, 11) is 0. The minimum atomic E-state index is -0.523. The molecule has 6 heteroatoms. The molecule has 4 nitrogen and oxygen atoms in total. The van der Waals surface area contributed by atoms with Crippen LogP contribution in [-0.4, -0.2) is 15.9 Å². The lowest BCUT2D eigenvalue weighted by molar-refractivity contribution is 0.100. The summed E-state index contributed by atoms with van der Waals surface area (Å²) in [6.45, 7) is 1.69. The summed E-state index contributed by atoms with van der Waals surface area (Å²) in [4.78, 5) is 19.3. The number of pyridine rings is 1. The third-order valence-corrected chi connectivity index (χ3v) is 3.19. The number of amides is 1. The quantitative estimate of drug-likeness (QED) is 0.865. The molecule has 0 spiro atoms. The van der Waals surface area contributed by atoms with Gasteiger partial charge in [-0.15, -0.1) is 11.3 Å². The number of aryl methyl sites for hydroxylation is 1. The molecule has 2 aromatic rings. The van der Waals surface area contributed by atoms with Gasteiger partial charge < -0.3 is 5.73 Å². The lowest BCUT2D eigenvalue weighted by Gasteiger charge is -1.94.